The van der Waals surface area contributed by atoms with Crippen molar-refractivity contribution in [3.05, 3.63) is 30.1 Å². The molecule has 0 spiro atoms. The molecule has 19 heavy (non-hydrogen) atoms. The van der Waals surface area contributed by atoms with Gasteiger partial charge < -0.3 is 15.4 Å². The van der Waals surface area contributed by atoms with Gasteiger partial charge in [-0.05, 0) is 44.5 Å². The lowest BCUT2D eigenvalue weighted by Gasteiger charge is -2.09. The first-order valence-electron chi connectivity index (χ1n) is 6.45. The number of rotatable bonds is 8. The maximum absolute atomic E-state index is 12.7. The summed E-state index contributed by atoms with van der Waals surface area (Å²) in [6, 6.07) is 5.89. The van der Waals surface area contributed by atoms with Gasteiger partial charge in [0.2, 0.25) is 5.91 Å². The Morgan fingerprint density at radius 1 is 1.32 bits per heavy atom. The van der Waals surface area contributed by atoms with Crippen molar-refractivity contribution < 1.29 is 13.9 Å². The number of carbonyl (C=O) groups excluding carboxylic acids is 1. The standard InChI is InChI=1S/C14H21FN2O2/c1-11(2)19-9-3-8-16-14(18)10-17-13-6-4-12(15)5-7-13/h4-7,11,17H,3,8-10H2,1-2H3,(H,16,18). The van der Waals surface area contributed by atoms with E-state index in [0.717, 1.165) is 12.1 Å². The van der Waals surface area contributed by atoms with Crippen molar-refractivity contribution in [1.29, 1.82) is 0 Å². The number of anilines is 1. The fraction of sp³-hybridized carbons (Fsp3) is 0.500. The summed E-state index contributed by atoms with van der Waals surface area (Å²) in [6.45, 7) is 5.37. The Balaban J connectivity index is 2.09. The van der Waals surface area contributed by atoms with E-state index in [1.807, 2.05) is 13.8 Å². The van der Waals surface area contributed by atoms with Crippen LogP contribution in [0.2, 0.25) is 0 Å². The Hall–Kier alpha value is -1.62. The van der Waals surface area contributed by atoms with Crippen molar-refractivity contribution in [2.24, 2.45) is 0 Å². The predicted molar refractivity (Wildman–Crippen MR) is 73.6 cm³/mol. The van der Waals surface area contributed by atoms with Crippen LogP contribution in [0.15, 0.2) is 24.3 Å². The first-order valence-corrected chi connectivity index (χ1v) is 6.45. The van der Waals surface area contributed by atoms with Crippen molar-refractivity contribution >= 4 is 11.6 Å². The van der Waals surface area contributed by atoms with Gasteiger partial charge in [-0.2, -0.15) is 0 Å². The van der Waals surface area contributed by atoms with E-state index < -0.39 is 0 Å². The van der Waals surface area contributed by atoms with Gasteiger partial charge in [-0.3, -0.25) is 4.79 Å². The van der Waals surface area contributed by atoms with Crippen LogP contribution in [0.4, 0.5) is 10.1 Å². The number of carbonyl (C=O) groups is 1. The van der Waals surface area contributed by atoms with Crippen LogP contribution >= 0.6 is 0 Å². The molecule has 106 valence electrons. The molecule has 1 aromatic rings. The first kappa shape index (κ1) is 15.4. The second-order valence-electron chi connectivity index (χ2n) is 4.48. The van der Waals surface area contributed by atoms with Gasteiger partial charge in [-0.1, -0.05) is 0 Å². The molecule has 0 aliphatic carbocycles. The summed E-state index contributed by atoms with van der Waals surface area (Å²) in [5.74, 6) is -0.381. The normalized spacial score (nSPS) is 10.5. The molecule has 0 saturated carbocycles. The Bertz CT molecular complexity index is 380. The molecule has 1 rings (SSSR count). The molecular formula is C14H21FN2O2. The molecule has 4 nitrogen and oxygen atoms in total. The summed E-state index contributed by atoms with van der Waals surface area (Å²) in [4.78, 5) is 11.5. The van der Waals surface area contributed by atoms with E-state index in [-0.39, 0.29) is 24.4 Å². The second kappa shape index (κ2) is 8.48. The minimum Gasteiger partial charge on any atom is -0.379 e. The van der Waals surface area contributed by atoms with E-state index in [9.17, 15) is 9.18 Å². The highest BCUT2D eigenvalue weighted by molar-refractivity contribution is 5.80. The summed E-state index contributed by atoms with van der Waals surface area (Å²) in [5.41, 5.74) is 0.722. The topological polar surface area (TPSA) is 50.4 Å². The summed E-state index contributed by atoms with van der Waals surface area (Å²) < 4.78 is 18.0. The van der Waals surface area contributed by atoms with Crippen LogP contribution in [0, 0.1) is 5.82 Å². The molecular weight excluding hydrogens is 247 g/mol. The van der Waals surface area contributed by atoms with Crippen LogP contribution in [0.1, 0.15) is 20.3 Å². The van der Waals surface area contributed by atoms with Crippen LogP contribution in [0.5, 0.6) is 0 Å². The Labute approximate surface area is 113 Å². The lowest BCUT2D eigenvalue weighted by molar-refractivity contribution is -0.119. The molecule has 0 bridgehead atoms. The molecule has 2 N–H and O–H groups in total. The fourth-order valence-electron chi connectivity index (χ4n) is 1.43. The third kappa shape index (κ3) is 7.41. The monoisotopic (exact) mass is 268 g/mol. The molecule has 0 aromatic heterocycles. The highest BCUT2D eigenvalue weighted by atomic mass is 19.1. The zero-order valence-electron chi connectivity index (χ0n) is 11.4. The Morgan fingerprint density at radius 2 is 2.00 bits per heavy atom. The SMILES string of the molecule is CC(C)OCCCNC(=O)CNc1ccc(F)cc1. The molecule has 1 amide bonds. The second-order valence-corrected chi connectivity index (χ2v) is 4.48. The van der Waals surface area contributed by atoms with E-state index in [0.29, 0.717) is 13.2 Å². The van der Waals surface area contributed by atoms with Crippen molar-refractivity contribution in [3.8, 4) is 0 Å². The van der Waals surface area contributed by atoms with Crippen molar-refractivity contribution in [2.75, 3.05) is 25.0 Å². The quantitative estimate of drug-likeness (QED) is 0.710. The van der Waals surface area contributed by atoms with Crippen LogP contribution in [-0.2, 0) is 9.53 Å². The third-order valence-electron chi connectivity index (χ3n) is 2.39. The molecule has 0 fully saturated rings. The molecule has 0 unspecified atom stereocenters. The summed E-state index contributed by atoms with van der Waals surface area (Å²) in [7, 11) is 0. The van der Waals surface area contributed by atoms with Gasteiger partial charge in [0, 0.05) is 18.8 Å². The summed E-state index contributed by atoms with van der Waals surface area (Å²) in [6.07, 6.45) is 1.01. The largest absolute Gasteiger partial charge is 0.379 e. The Kier molecular flexibility index (Phi) is 6.89. The van der Waals surface area contributed by atoms with Gasteiger partial charge in [0.1, 0.15) is 5.82 Å². The lowest BCUT2D eigenvalue weighted by atomic mass is 10.3. The highest BCUT2D eigenvalue weighted by Crippen LogP contribution is 2.07. The number of hydrogen-bond acceptors (Lipinski definition) is 3. The van der Waals surface area contributed by atoms with Gasteiger partial charge >= 0.3 is 0 Å². The van der Waals surface area contributed by atoms with Crippen molar-refractivity contribution in [3.63, 3.8) is 0 Å². The minimum absolute atomic E-state index is 0.0890. The highest BCUT2D eigenvalue weighted by Gasteiger charge is 2.01. The van der Waals surface area contributed by atoms with Gasteiger partial charge in [-0.25, -0.2) is 4.39 Å². The van der Waals surface area contributed by atoms with E-state index in [1.165, 1.54) is 12.1 Å². The third-order valence-corrected chi connectivity index (χ3v) is 2.39. The van der Waals surface area contributed by atoms with E-state index in [1.54, 1.807) is 12.1 Å². The molecule has 0 aliphatic heterocycles. The van der Waals surface area contributed by atoms with Gasteiger partial charge in [0.05, 0.1) is 12.6 Å². The molecule has 0 heterocycles. The number of nitrogens with one attached hydrogen (secondary N) is 2. The minimum atomic E-state index is -0.292. The molecule has 0 aliphatic rings. The molecule has 0 atom stereocenters. The maximum atomic E-state index is 12.7. The van der Waals surface area contributed by atoms with Crippen LogP contribution < -0.4 is 10.6 Å². The van der Waals surface area contributed by atoms with Crippen LogP contribution in [-0.4, -0.2) is 31.7 Å². The zero-order valence-corrected chi connectivity index (χ0v) is 11.4. The maximum Gasteiger partial charge on any atom is 0.239 e. The molecule has 0 radical (unpaired) electrons. The number of halogens is 1. The van der Waals surface area contributed by atoms with Crippen LogP contribution in [0.25, 0.3) is 0 Å². The summed E-state index contributed by atoms with van der Waals surface area (Å²) >= 11 is 0. The van der Waals surface area contributed by atoms with Gasteiger partial charge in [-0.15, -0.1) is 0 Å². The average molecular weight is 268 g/mol. The average Bonchev–Trinajstić information content (AvgIpc) is 2.37. The number of benzene rings is 1. The van der Waals surface area contributed by atoms with E-state index >= 15 is 0 Å². The van der Waals surface area contributed by atoms with E-state index in [4.69, 9.17) is 4.74 Å². The van der Waals surface area contributed by atoms with Crippen molar-refractivity contribution in [2.45, 2.75) is 26.4 Å². The lowest BCUT2D eigenvalue weighted by Crippen LogP contribution is -2.31. The Morgan fingerprint density at radius 3 is 2.63 bits per heavy atom. The van der Waals surface area contributed by atoms with Crippen LogP contribution in [0.3, 0.4) is 0 Å². The van der Waals surface area contributed by atoms with Gasteiger partial charge in [0.15, 0.2) is 0 Å². The number of hydrogen-bond donors (Lipinski definition) is 2. The fourth-order valence-corrected chi connectivity index (χ4v) is 1.43. The molecule has 5 heteroatoms. The molecule has 0 saturated heterocycles. The van der Waals surface area contributed by atoms with Crippen molar-refractivity contribution in [1.82, 2.24) is 5.32 Å². The summed E-state index contributed by atoms with van der Waals surface area (Å²) in [5, 5.41) is 5.70. The predicted octanol–water partition coefficient (Wildman–Crippen LogP) is 2.17. The number of amides is 1. The molecule has 1 aromatic carbocycles. The first-order chi connectivity index (χ1) is 9.08. The smallest absolute Gasteiger partial charge is 0.239 e. The van der Waals surface area contributed by atoms with E-state index in [2.05, 4.69) is 10.6 Å². The number of ether oxygens (including phenoxy) is 1. The van der Waals surface area contributed by atoms with Gasteiger partial charge in [0.25, 0.3) is 0 Å². The zero-order chi connectivity index (χ0) is 14.1.